The Labute approximate surface area is 137 Å². The van der Waals surface area contributed by atoms with Gasteiger partial charge in [-0.3, -0.25) is 0 Å². The third kappa shape index (κ3) is 6.69. The van der Waals surface area contributed by atoms with Crippen molar-refractivity contribution in [3.63, 3.8) is 0 Å². The highest BCUT2D eigenvalue weighted by Crippen LogP contribution is 2.35. The topological polar surface area (TPSA) is 65.4 Å². The van der Waals surface area contributed by atoms with Gasteiger partial charge in [-0.25, -0.2) is 13.6 Å². The summed E-state index contributed by atoms with van der Waals surface area (Å²) in [4.78, 5) is 13.6. The van der Waals surface area contributed by atoms with Gasteiger partial charge >= 0.3 is 6.09 Å². The van der Waals surface area contributed by atoms with Gasteiger partial charge in [-0.1, -0.05) is 0 Å². The second-order valence-corrected chi connectivity index (χ2v) is 7.26. The molecule has 1 atom stereocenters. The molecule has 1 rings (SSSR count). The number of alkyl halides is 2. The van der Waals surface area contributed by atoms with Crippen LogP contribution < -0.4 is 5.32 Å². The molecule has 132 valence electrons. The van der Waals surface area contributed by atoms with Crippen LogP contribution in [0, 0.1) is 16.7 Å². The maximum absolute atomic E-state index is 12.2. The first-order valence-electron chi connectivity index (χ1n) is 7.98. The lowest BCUT2D eigenvalue weighted by Gasteiger charge is -2.39. The highest BCUT2D eigenvalue weighted by atomic mass is 19.3. The number of nitrogens with zero attached hydrogens (tertiary/aromatic N) is 2. The first kappa shape index (κ1) is 19.6. The number of hydrogen-bond donors (Lipinski definition) is 1. The molecule has 0 aromatic rings. The number of hydrogen-bond acceptors (Lipinski definition) is 4. The Balaban J connectivity index is 2.53. The van der Waals surface area contributed by atoms with Crippen LogP contribution in [-0.2, 0) is 4.74 Å². The van der Waals surface area contributed by atoms with Gasteiger partial charge in [0.05, 0.1) is 18.0 Å². The predicted octanol–water partition coefficient (Wildman–Crippen LogP) is 3.16. The van der Waals surface area contributed by atoms with Crippen molar-refractivity contribution in [3.8, 4) is 6.07 Å². The maximum Gasteiger partial charge on any atom is 0.410 e. The molecule has 0 saturated carbocycles. The molecule has 0 bridgehead atoms. The largest absolute Gasteiger partial charge is 0.444 e. The van der Waals surface area contributed by atoms with Crippen LogP contribution in [0.3, 0.4) is 0 Å². The lowest BCUT2D eigenvalue weighted by atomic mass is 9.75. The summed E-state index contributed by atoms with van der Waals surface area (Å²) >= 11 is 0. The molecular weight excluding hydrogens is 304 g/mol. The van der Waals surface area contributed by atoms with Crippen molar-refractivity contribution in [2.24, 2.45) is 5.41 Å². The third-order valence-electron chi connectivity index (χ3n) is 3.93. The number of nitriles is 1. The van der Waals surface area contributed by atoms with Gasteiger partial charge < -0.3 is 15.0 Å². The predicted molar refractivity (Wildman–Crippen MR) is 83.2 cm³/mol. The zero-order chi connectivity index (χ0) is 17.7. The molecule has 1 N–H and O–H groups in total. The van der Waals surface area contributed by atoms with Crippen LogP contribution in [0.15, 0.2) is 0 Å². The number of nitrogens with one attached hydrogen (secondary N) is 1. The summed E-state index contributed by atoms with van der Waals surface area (Å²) < 4.78 is 29.8. The second-order valence-electron chi connectivity index (χ2n) is 7.26. The summed E-state index contributed by atoms with van der Waals surface area (Å²) in [6.45, 7) is 7.77. The summed E-state index contributed by atoms with van der Waals surface area (Å²) in [6, 6.07) is 2.17. The van der Waals surface area contributed by atoms with Crippen LogP contribution in [-0.4, -0.2) is 48.7 Å². The van der Waals surface area contributed by atoms with Crippen LogP contribution in [0.25, 0.3) is 0 Å². The molecule has 0 radical (unpaired) electrons. The summed E-state index contributed by atoms with van der Waals surface area (Å²) in [5, 5.41) is 12.3. The van der Waals surface area contributed by atoms with Gasteiger partial charge in [0.25, 0.3) is 6.43 Å². The standard InChI is InChI=1S/C16H27F2N3O2/c1-12(20-10-13(17)18)9-16(11-19)5-7-21(8-6-16)14(22)23-15(2,3)4/h12-13,20H,5-10H2,1-4H3/t12-/m0/s1. The van der Waals surface area contributed by atoms with Gasteiger partial charge in [0.1, 0.15) is 5.60 Å². The van der Waals surface area contributed by atoms with E-state index >= 15 is 0 Å². The molecule has 0 aliphatic carbocycles. The fraction of sp³-hybridized carbons (Fsp3) is 0.875. The van der Waals surface area contributed by atoms with Gasteiger partial charge in [-0.05, 0) is 47.0 Å². The lowest BCUT2D eigenvalue weighted by Crippen LogP contribution is -2.46. The smallest absolute Gasteiger partial charge is 0.410 e. The van der Waals surface area contributed by atoms with Gasteiger partial charge in [0.2, 0.25) is 0 Å². The zero-order valence-electron chi connectivity index (χ0n) is 14.4. The van der Waals surface area contributed by atoms with E-state index in [4.69, 9.17) is 4.74 Å². The normalized spacial score (nSPS) is 19.3. The molecule has 1 saturated heterocycles. The number of halogens is 2. The summed E-state index contributed by atoms with van der Waals surface area (Å²) in [6.07, 6.45) is -1.21. The van der Waals surface area contributed by atoms with E-state index < -0.39 is 17.4 Å². The van der Waals surface area contributed by atoms with Gasteiger partial charge in [-0.2, -0.15) is 5.26 Å². The third-order valence-corrected chi connectivity index (χ3v) is 3.93. The van der Waals surface area contributed by atoms with Crippen molar-refractivity contribution in [3.05, 3.63) is 0 Å². The first-order valence-corrected chi connectivity index (χ1v) is 7.98. The van der Waals surface area contributed by atoms with E-state index in [1.54, 1.807) is 4.90 Å². The SMILES string of the molecule is C[C@@H](CC1(C#N)CCN(C(=O)OC(C)(C)C)CC1)NCC(F)F. The maximum atomic E-state index is 12.2. The number of ether oxygens (including phenoxy) is 1. The molecule has 0 spiro atoms. The van der Waals surface area contributed by atoms with Crippen molar-refractivity contribution in [1.82, 2.24) is 10.2 Å². The number of rotatable bonds is 5. The molecule has 1 amide bonds. The summed E-state index contributed by atoms with van der Waals surface area (Å²) in [7, 11) is 0. The molecule has 1 heterocycles. The number of likely N-dealkylation sites (tertiary alicyclic amines) is 1. The summed E-state index contributed by atoms with van der Waals surface area (Å²) in [5.41, 5.74) is -1.12. The molecule has 1 aliphatic heterocycles. The Bertz CT molecular complexity index is 436. The van der Waals surface area contributed by atoms with E-state index in [1.165, 1.54) is 0 Å². The Morgan fingerprint density at radius 1 is 1.39 bits per heavy atom. The van der Waals surface area contributed by atoms with Crippen molar-refractivity contribution in [2.75, 3.05) is 19.6 Å². The molecule has 0 unspecified atom stereocenters. The van der Waals surface area contributed by atoms with Crippen molar-refractivity contribution < 1.29 is 18.3 Å². The lowest BCUT2D eigenvalue weighted by molar-refractivity contribution is 0.0135. The molecule has 23 heavy (non-hydrogen) atoms. The first-order chi connectivity index (χ1) is 10.6. The number of carbonyl (C=O) groups excluding carboxylic acids is 1. The highest BCUT2D eigenvalue weighted by molar-refractivity contribution is 5.68. The zero-order valence-corrected chi connectivity index (χ0v) is 14.4. The fourth-order valence-corrected chi connectivity index (χ4v) is 2.75. The van der Waals surface area contributed by atoms with Crippen LogP contribution in [0.4, 0.5) is 13.6 Å². The average Bonchev–Trinajstić information content (AvgIpc) is 2.44. The Hall–Kier alpha value is -1.42. The van der Waals surface area contributed by atoms with Crippen LogP contribution >= 0.6 is 0 Å². The van der Waals surface area contributed by atoms with Crippen LogP contribution in [0.1, 0.15) is 47.0 Å². The molecule has 1 aliphatic rings. The highest BCUT2D eigenvalue weighted by Gasteiger charge is 2.38. The van der Waals surface area contributed by atoms with E-state index in [0.29, 0.717) is 32.4 Å². The van der Waals surface area contributed by atoms with E-state index in [2.05, 4.69) is 11.4 Å². The van der Waals surface area contributed by atoms with Crippen molar-refractivity contribution in [2.45, 2.75) is 65.0 Å². The van der Waals surface area contributed by atoms with Gasteiger partial charge in [-0.15, -0.1) is 0 Å². The molecule has 0 aromatic heterocycles. The Kier molecular flexibility index (Phi) is 6.75. The molecule has 1 fully saturated rings. The molecular formula is C16H27F2N3O2. The van der Waals surface area contributed by atoms with E-state index in [0.717, 1.165) is 0 Å². The van der Waals surface area contributed by atoms with E-state index in [9.17, 15) is 18.8 Å². The molecule has 5 nitrogen and oxygen atoms in total. The number of piperidine rings is 1. The van der Waals surface area contributed by atoms with Crippen LogP contribution in [0.2, 0.25) is 0 Å². The van der Waals surface area contributed by atoms with Crippen molar-refractivity contribution in [1.29, 1.82) is 5.26 Å². The minimum absolute atomic E-state index is 0.170. The molecule has 7 heteroatoms. The number of amides is 1. The minimum atomic E-state index is -2.40. The van der Waals surface area contributed by atoms with Gasteiger partial charge in [0, 0.05) is 19.1 Å². The Morgan fingerprint density at radius 2 is 1.96 bits per heavy atom. The monoisotopic (exact) mass is 331 g/mol. The molecule has 0 aromatic carbocycles. The second kappa shape index (κ2) is 7.91. The van der Waals surface area contributed by atoms with Crippen LogP contribution in [0.5, 0.6) is 0 Å². The fourth-order valence-electron chi connectivity index (χ4n) is 2.75. The average molecular weight is 331 g/mol. The van der Waals surface area contributed by atoms with E-state index in [-0.39, 0.29) is 18.7 Å². The minimum Gasteiger partial charge on any atom is -0.444 e. The van der Waals surface area contributed by atoms with Gasteiger partial charge in [0.15, 0.2) is 0 Å². The van der Waals surface area contributed by atoms with Crippen molar-refractivity contribution >= 4 is 6.09 Å². The Morgan fingerprint density at radius 3 is 2.39 bits per heavy atom. The number of carbonyl (C=O) groups is 1. The summed E-state index contributed by atoms with van der Waals surface area (Å²) in [5.74, 6) is 0. The quantitative estimate of drug-likeness (QED) is 0.840. The van der Waals surface area contributed by atoms with E-state index in [1.807, 2.05) is 27.7 Å².